The molecule has 0 aliphatic carbocycles. The summed E-state index contributed by atoms with van der Waals surface area (Å²) in [4.78, 5) is 14.6. The van der Waals surface area contributed by atoms with Gasteiger partial charge in [-0.2, -0.15) is 5.26 Å². The minimum absolute atomic E-state index is 0.154. The molecule has 2 saturated heterocycles. The molecular formula is C17H29N3O2. The summed E-state index contributed by atoms with van der Waals surface area (Å²) in [5, 5.41) is 12.5. The molecule has 1 amide bonds. The van der Waals surface area contributed by atoms with Gasteiger partial charge in [0.05, 0.1) is 17.0 Å². The maximum atomic E-state index is 12.3. The molecule has 2 fully saturated rings. The molecule has 0 aromatic rings. The number of amides is 1. The van der Waals surface area contributed by atoms with Crippen LogP contribution in [0.1, 0.15) is 52.4 Å². The zero-order valence-electron chi connectivity index (χ0n) is 14.0. The van der Waals surface area contributed by atoms with Gasteiger partial charge in [-0.25, -0.2) is 0 Å². The Morgan fingerprint density at radius 3 is 2.73 bits per heavy atom. The van der Waals surface area contributed by atoms with Gasteiger partial charge in [-0.3, -0.25) is 9.69 Å². The van der Waals surface area contributed by atoms with Crippen LogP contribution >= 0.6 is 0 Å². The van der Waals surface area contributed by atoms with Crippen molar-refractivity contribution in [2.45, 2.75) is 57.9 Å². The van der Waals surface area contributed by atoms with Crippen molar-refractivity contribution in [3.8, 4) is 6.07 Å². The van der Waals surface area contributed by atoms with Gasteiger partial charge in [0.15, 0.2) is 0 Å². The van der Waals surface area contributed by atoms with E-state index in [-0.39, 0.29) is 16.9 Å². The minimum atomic E-state index is -0.386. The summed E-state index contributed by atoms with van der Waals surface area (Å²) >= 11 is 0. The van der Waals surface area contributed by atoms with Crippen LogP contribution in [0.25, 0.3) is 0 Å². The number of nitrogens with one attached hydrogen (secondary N) is 1. The zero-order chi connectivity index (χ0) is 16.1. The van der Waals surface area contributed by atoms with Crippen molar-refractivity contribution in [2.24, 2.45) is 5.41 Å². The molecule has 0 bridgehead atoms. The highest BCUT2D eigenvalue weighted by Crippen LogP contribution is 2.35. The summed E-state index contributed by atoms with van der Waals surface area (Å²) in [5.74, 6) is 0.154. The van der Waals surface area contributed by atoms with Crippen molar-refractivity contribution >= 4 is 5.91 Å². The molecule has 0 aromatic carbocycles. The van der Waals surface area contributed by atoms with Crippen LogP contribution in [-0.2, 0) is 9.53 Å². The van der Waals surface area contributed by atoms with E-state index in [9.17, 15) is 10.1 Å². The second kappa shape index (κ2) is 7.43. The standard InChI is InChI=1S/C17H29N3O2/c1-3-5-16(2)15(21)19-9-11-20(16)10-4-6-17(14-18)7-12-22-13-8-17/h3-13H2,1-2H3,(H,19,21). The Morgan fingerprint density at radius 1 is 1.36 bits per heavy atom. The van der Waals surface area contributed by atoms with E-state index >= 15 is 0 Å². The van der Waals surface area contributed by atoms with E-state index in [0.29, 0.717) is 13.2 Å². The average molecular weight is 307 g/mol. The van der Waals surface area contributed by atoms with Crippen molar-refractivity contribution < 1.29 is 9.53 Å². The Labute approximate surface area is 134 Å². The third kappa shape index (κ3) is 3.61. The summed E-state index contributed by atoms with van der Waals surface area (Å²) in [6.07, 6.45) is 5.45. The highest BCUT2D eigenvalue weighted by atomic mass is 16.5. The molecular weight excluding hydrogens is 278 g/mol. The van der Waals surface area contributed by atoms with Crippen molar-refractivity contribution in [1.29, 1.82) is 5.26 Å². The molecule has 5 heteroatoms. The highest BCUT2D eigenvalue weighted by molar-refractivity contribution is 5.86. The van der Waals surface area contributed by atoms with Gasteiger partial charge >= 0.3 is 0 Å². The first kappa shape index (κ1) is 17.2. The van der Waals surface area contributed by atoms with Gasteiger partial charge in [-0.05, 0) is 45.6 Å². The van der Waals surface area contributed by atoms with Gasteiger partial charge in [-0.15, -0.1) is 0 Å². The van der Waals surface area contributed by atoms with Gasteiger partial charge in [0.1, 0.15) is 0 Å². The van der Waals surface area contributed by atoms with E-state index in [0.717, 1.165) is 58.2 Å². The quantitative estimate of drug-likeness (QED) is 0.816. The molecule has 2 aliphatic rings. The van der Waals surface area contributed by atoms with Crippen LogP contribution in [0.4, 0.5) is 0 Å². The lowest BCUT2D eigenvalue weighted by molar-refractivity contribution is -0.137. The number of nitriles is 1. The first-order chi connectivity index (χ1) is 10.6. The van der Waals surface area contributed by atoms with Gasteiger partial charge < -0.3 is 10.1 Å². The molecule has 0 aromatic heterocycles. The smallest absolute Gasteiger partial charge is 0.240 e. The number of carbonyl (C=O) groups is 1. The van der Waals surface area contributed by atoms with Crippen molar-refractivity contribution in [3.05, 3.63) is 0 Å². The Kier molecular flexibility index (Phi) is 5.82. The Hall–Kier alpha value is -1.12. The molecule has 0 saturated carbocycles. The summed E-state index contributed by atoms with van der Waals surface area (Å²) in [6.45, 7) is 8.12. The summed E-state index contributed by atoms with van der Waals surface area (Å²) in [7, 11) is 0. The first-order valence-corrected chi connectivity index (χ1v) is 8.59. The van der Waals surface area contributed by atoms with Crippen LogP contribution in [0.3, 0.4) is 0 Å². The molecule has 22 heavy (non-hydrogen) atoms. The predicted octanol–water partition coefficient (Wildman–Crippen LogP) is 2.08. The number of rotatable bonds is 6. The lowest BCUT2D eigenvalue weighted by Crippen LogP contribution is -2.63. The van der Waals surface area contributed by atoms with Gasteiger partial charge in [0.2, 0.25) is 5.91 Å². The fraction of sp³-hybridized carbons (Fsp3) is 0.882. The molecule has 1 N–H and O–H groups in total. The number of hydrogen-bond donors (Lipinski definition) is 1. The Balaban J connectivity index is 1.91. The molecule has 1 atom stereocenters. The SMILES string of the molecule is CCCC1(C)C(=O)NCCN1CCCC1(C#N)CCOCC1. The largest absolute Gasteiger partial charge is 0.381 e. The second-order valence-corrected chi connectivity index (χ2v) is 6.87. The summed E-state index contributed by atoms with van der Waals surface area (Å²) < 4.78 is 5.39. The Morgan fingerprint density at radius 2 is 2.09 bits per heavy atom. The average Bonchev–Trinajstić information content (AvgIpc) is 2.53. The monoisotopic (exact) mass is 307 g/mol. The Bertz CT molecular complexity index is 426. The molecule has 1 unspecified atom stereocenters. The third-order valence-electron chi connectivity index (χ3n) is 5.36. The molecule has 0 radical (unpaired) electrons. The van der Waals surface area contributed by atoms with Gasteiger partial charge in [-0.1, -0.05) is 13.3 Å². The molecule has 0 spiro atoms. The number of hydrogen-bond acceptors (Lipinski definition) is 4. The van der Waals surface area contributed by atoms with E-state index in [1.807, 2.05) is 0 Å². The van der Waals surface area contributed by atoms with Crippen LogP contribution in [0, 0.1) is 16.7 Å². The third-order valence-corrected chi connectivity index (χ3v) is 5.36. The highest BCUT2D eigenvalue weighted by Gasteiger charge is 2.41. The predicted molar refractivity (Wildman–Crippen MR) is 85.2 cm³/mol. The summed E-state index contributed by atoms with van der Waals surface area (Å²) in [6, 6.07) is 2.53. The van der Waals surface area contributed by atoms with Crippen molar-refractivity contribution in [1.82, 2.24) is 10.2 Å². The summed E-state index contributed by atoms with van der Waals surface area (Å²) in [5.41, 5.74) is -0.597. The number of nitrogens with zero attached hydrogens (tertiary/aromatic N) is 2. The van der Waals surface area contributed by atoms with Gasteiger partial charge in [0.25, 0.3) is 0 Å². The number of ether oxygens (including phenoxy) is 1. The van der Waals surface area contributed by atoms with Crippen LogP contribution in [0.15, 0.2) is 0 Å². The topological polar surface area (TPSA) is 65.4 Å². The zero-order valence-corrected chi connectivity index (χ0v) is 14.0. The number of carbonyl (C=O) groups excluding carboxylic acids is 1. The lowest BCUT2D eigenvalue weighted by Gasteiger charge is -2.44. The van der Waals surface area contributed by atoms with Gasteiger partial charge in [0, 0.05) is 26.3 Å². The maximum Gasteiger partial charge on any atom is 0.240 e. The van der Waals surface area contributed by atoms with Crippen LogP contribution in [-0.4, -0.2) is 49.2 Å². The molecule has 124 valence electrons. The van der Waals surface area contributed by atoms with Crippen molar-refractivity contribution in [3.63, 3.8) is 0 Å². The van der Waals surface area contributed by atoms with E-state index in [1.54, 1.807) is 0 Å². The molecule has 2 aliphatic heterocycles. The van der Waals surface area contributed by atoms with Crippen LogP contribution in [0.2, 0.25) is 0 Å². The van der Waals surface area contributed by atoms with E-state index in [4.69, 9.17) is 4.74 Å². The van der Waals surface area contributed by atoms with E-state index in [1.165, 1.54) is 0 Å². The lowest BCUT2D eigenvalue weighted by atomic mass is 9.77. The fourth-order valence-corrected chi connectivity index (χ4v) is 3.79. The number of piperazine rings is 1. The molecule has 5 nitrogen and oxygen atoms in total. The fourth-order valence-electron chi connectivity index (χ4n) is 3.79. The van der Waals surface area contributed by atoms with E-state index < -0.39 is 0 Å². The second-order valence-electron chi connectivity index (χ2n) is 6.87. The minimum Gasteiger partial charge on any atom is -0.381 e. The molecule has 2 rings (SSSR count). The van der Waals surface area contributed by atoms with Crippen LogP contribution in [0.5, 0.6) is 0 Å². The van der Waals surface area contributed by atoms with Crippen molar-refractivity contribution in [2.75, 3.05) is 32.8 Å². The van der Waals surface area contributed by atoms with E-state index in [2.05, 4.69) is 30.1 Å². The normalized spacial score (nSPS) is 28.9. The maximum absolute atomic E-state index is 12.3. The first-order valence-electron chi connectivity index (χ1n) is 8.59. The molecule has 2 heterocycles. The van der Waals surface area contributed by atoms with Crippen LogP contribution < -0.4 is 5.32 Å².